The molecule has 88 valence electrons. The number of aromatic nitrogens is 1. The van der Waals surface area contributed by atoms with E-state index in [4.69, 9.17) is 17.3 Å². The third kappa shape index (κ3) is 3.46. The number of hydrogen-bond donors (Lipinski definition) is 1. The Balaban J connectivity index is 2.11. The topological polar surface area (TPSA) is 38.9 Å². The fourth-order valence-corrected chi connectivity index (χ4v) is 2.27. The highest BCUT2D eigenvalue weighted by atomic mass is 35.5. The average molecular weight is 265 g/mol. The molecule has 0 fully saturated rings. The molecule has 0 radical (unpaired) electrons. The van der Waals surface area contributed by atoms with Crippen molar-refractivity contribution in [3.8, 4) is 0 Å². The van der Waals surface area contributed by atoms with Crippen LogP contribution in [0.25, 0.3) is 0 Å². The maximum absolute atomic E-state index is 5.83. The average Bonchev–Trinajstić information content (AvgIpc) is 2.33. The van der Waals surface area contributed by atoms with Crippen LogP contribution in [0.5, 0.6) is 0 Å². The number of nitrogens with zero attached hydrogens (tertiary/aromatic N) is 1. The number of hydrogen-bond acceptors (Lipinski definition) is 3. The van der Waals surface area contributed by atoms with Gasteiger partial charge in [-0.3, -0.25) is 4.98 Å². The molecule has 1 aromatic carbocycles. The van der Waals surface area contributed by atoms with Gasteiger partial charge in [0.2, 0.25) is 0 Å². The number of rotatable bonds is 3. The van der Waals surface area contributed by atoms with E-state index in [-0.39, 0.29) is 6.04 Å². The van der Waals surface area contributed by atoms with Gasteiger partial charge in [-0.25, -0.2) is 0 Å². The van der Waals surface area contributed by atoms with E-state index in [1.54, 1.807) is 11.8 Å². The second-order valence-electron chi connectivity index (χ2n) is 3.76. The Morgan fingerprint density at radius 2 is 1.76 bits per heavy atom. The molecule has 1 unspecified atom stereocenters. The van der Waals surface area contributed by atoms with Crippen LogP contribution in [0.2, 0.25) is 5.02 Å². The van der Waals surface area contributed by atoms with E-state index in [2.05, 4.69) is 4.98 Å². The molecule has 4 heteroatoms. The molecule has 0 saturated heterocycles. The Bertz CT molecular complexity index is 480. The molecule has 0 aliphatic heterocycles. The lowest BCUT2D eigenvalue weighted by Crippen LogP contribution is -2.06. The van der Waals surface area contributed by atoms with Gasteiger partial charge in [0.15, 0.2) is 0 Å². The maximum atomic E-state index is 5.83. The molecule has 0 spiro atoms. The first-order valence-electron chi connectivity index (χ1n) is 5.30. The first kappa shape index (κ1) is 12.4. The molecule has 1 aromatic heterocycles. The molecule has 2 N–H and O–H groups in total. The lowest BCUT2D eigenvalue weighted by atomic mass is 10.2. The zero-order chi connectivity index (χ0) is 12.3. The van der Waals surface area contributed by atoms with Gasteiger partial charge in [0.05, 0.1) is 5.69 Å². The highest BCUT2D eigenvalue weighted by molar-refractivity contribution is 7.99. The minimum absolute atomic E-state index is 0.0235. The minimum Gasteiger partial charge on any atom is -0.323 e. The zero-order valence-corrected chi connectivity index (χ0v) is 11.0. The molecule has 0 saturated carbocycles. The summed E-state index contributed by atoms with van der Waals surface area (Å²) in [6, 6.07) is 11.7. The van der Waals surface area contributed by atoms with Crippen molar-refractivity contribution in [3.05, 3.63) is 53.3 Å². The summed E-state index contributed by atoms with van der Waals surface area (Å²) in [5.74, 6) is 0. The Kier molecular flexibility index (Phi) is 4.05. The summed E-state index contributed by atoms with van der Waals surface area (Å²) in [5.41, 5.74) is 6.66. The van der Waals surface area contributed by atoms with Crippen LogP contribution >= 0.6 is 23.4 Å². The van der Waals surface area contributed by atoms with Gasteiger partial charge < -0.3 is 5.73 Å². The van der Waals surface area contributed by atoms with Crippen molar-refractivity contribution in [3.63, 3.8) is 0 Å². The van der Waals surface area contributed by atoms with E-state index in [9.17, 15) is 0 Å². The summed E-state index contributed by atoms with van der Waals surface area (Å²) in [7, 11) is 0. The monoisotopic (exact) mass is 264 g/mol. The van der Waals surface area contributed by atoms with Crippen LogP contribution in [0.1, 0.15) is 18.7 Å². The largest absolute Gasteiger partial charge is 0.323 e. The highest BCUT2D eigenvalue weighted by Crippen LogP contribution is 2.28. The van der Waals surface area contributed by atoms with Crippen molar-refractivity contribution in [2.75, 3.05) is 0 Å². The predicted molar refractivity (Wildman–Crippen MR) is 72.4 cm³/mol. The van der Waals surface area contributed by atoms with Crippen molar-refractivity contribution in [2.24, 2.45) is 5.73 Å². The van der Waals surface area contributed by atoms with E-state index in [0.717, 1.165) is 20.5 Å². The van der Waals surface area contributed by atoms with Gasteiger partial charge in [0.1, 0.15) is 0 Å². The van der Waals surface area contributed by atoms with Crippen LogP contribution in [-0.2, 0) is 0 Å². The van der Waals surface area contributed by atoms with E-state index in [1.807, 2.05) is 49.5 Å². The fraction of sp³-hybridized carbons (Fsp3) is 0.154. The molecule has 2 nitrogen and oxygen atoms in total. The van der Waals surface area contributed by atoms with Crippen LogP contribution in [0.3, 0.4) is 0 Å². The van der Waals surface area contributed by atoms with Crippen molar-refractivity contribution >= 4 is 23.4 Å². The Hall–Kier alpha value is -1.03. The molecule has 1 heterocycles. The number of nitrogens with two attached hydrogens (primary N) is 1. The maximum Gasteiger partial charge on any atom is 0.0569 e. The summed E-state index contributed by atoms with van der Waals surface area (Å²) in [6.45, 7) is 1.92. The normalized spacial score (nSPS) is 12.4. The molecular formula is C13H13ClN2S. The van der Waals surface area contributed by atoms with E-state index in [0.29, 0.717) is 0 Å². The number of halogens is 1. The van der Waals surface area contributed by atoms with E-state index in [1.165, 1.54) is 0 Å². The van der Waals surface area contributed by atoms with Crippen molar-refractivity contribution in [1.82, 2.24) is 4.98 Å². The van der Waals surface area contributed by atoms with Gasteiger partial charge in [-0.1, -0.05) is 23.4 Å². The van der Waals surface area contributed by atoms with Gasteiger partial charge in [-0.2, -0.15) is 0 Å². The first-order chi connectivity index (χ1) is 8.15. The lowest BCUT2D eigenvalue weighted by molar-refractivity contribution is 0.777. The van der Waals surface area contributed by atoms with Crippen LogP contribution in [0, 0.1) is 0 Å². The van der Waals surface area contributed by atoms with Gasteiger partial charge in [-0.15, -0.1) is 0 Å². The molecule has 0 bridgehead atoms. The predicted octanol–water partition coefficient (Wildman–Crippen LogP) is 3.91. The van der Waals surface area contributed by atoms with Gasteiger partial charge in [0, 0.05) is 27.1 Å². The van der Waals surface area contributed by atoms with Crippen LogP contribution < -0.4 is 5.73 Å². The summed E-state index contributed by atoms with van der Waals surface area (Å²) < 4.78 is 0. The fourth-order valence-electron chi connectivity index (χ4n) is 1.36. The van der Waals surface area contributed by atoms with Crippen LogP contribution in [0.4, 0.5) is 0 Å². The summed E-state index contributed by atoms with van der Waals surface area (Å²) in [6.07, 6.45) is 1.85. The second-order valence-corrected chi connectivity index (χ2v) is 5.35. The molecule has 1 atom stereocenters. The quantitative estimate of drug-likeness (QED) is 0.914. The molecule has 0 aliphatic carbocycles. The summed E-state index contributed by atoms with van der Waals surface area (Å²) >= 11 is 7.49. The highest BCUT2D eigenvalue weighted by Gasteiger charge is 2.02. The third-order valence-corrected chi connectivity index (χ3v) is 3.51. The Morgan fingerprint density at radius 1 is 1.12 bits per heavy atom. The standard InChI is InChI=1S/C13H13ClN2S/c1-9(15)13-7-6-12(8-16-13)17-11-4-2-10(14)3-5-11/h2-9H,15H2,1H3. The van der Waals surface area contributed by atoms with Crippen molar-refractivity contribution in [2.45, 2.75) is 22.8 Å². The van der Waals surface area contributed by atoms with Gasteiger partial charge >= 0.3 is 0 Å². The second kappa shape index (κ2) is 5.54. The van der Waals surface area contributed by atoms with Gasteiger partial charge in [-0.05, 0) is 43.3 Å². The first-order valence-corrected chi connectivity index (χ1v) is 6.49. The molecule has 2 aromatic rings. The molecule has 0 amide bonds. The molecule has 17 heavy (non-hydrogen) atoms. The van der Waals surface area contributed by atoms with E-state index < -0.39 is 0 Å². The Labute approximate surface area is 110 Å². The summed E-state index contributed by atoms with van der Waals surface area (Å²) in [4.78, 5) is 6.56. The van der Waals surface area contributed by atoms with Crippen LogP contribution in [0.15, 0.2) is 52.4 Å². The third-order valence-electron chi connectivity index (χ3n) is 2.28. The van der Waals surface area contributed by atoms with Crippen molar-refractivity contribution < 1.29 is 0 Å². The number of benzene rings is 1. The minimum atomic E-state index is -0.0235. The SMILES string of the molecule is CC(N)c1ccc(Sc2ccc(Cl)cc2)cn1. The van der Waals surface area contributed by atoms with Crippen LogP contribution in [-0.4, -0.2) is 4.98 Å². The van der Waals surface area contributed by atoms with Crippen molar-refractivity contribution in [1.29, 1.82) is 0 Å². The summed E-state index contributed by atoms with van der Waals surface area (Å²) in [5, 5.41) is 0.750. The smallest absolute Gasteiger partial charge is 0.0569 e. The molecule has 2 rings (SSSR count). The Morgan fingerprint density at radius 3 is 2.29 bits per heavy atom. The van der Waals surface area contributed by atoms with E-state index >= 15 is 0 Å². The lowest BCUT2D eigenvalue weighted by Gasteiger charge is -2.05. The molecular weight excluding hydrogens is 252 g/mol. The van der Waals surface area contributed by atoms with Gasteiger partial charge in [0.25, 0.3) is 0 Å². The zero-order valence-electron chi connectivity index (χ0n) is 9.43. The molecule has 0 aliphatic rings. The number of pyridine rings is 1.